The molecule has 1 heterocycles. The van der Waals surface area contributed by atoms with Crippen LogP contribution < -0.4 is 5.32 Å². The monoisotopic (exact) mass is 414 g/mol. The van der Waals surface area contributed by atoms with Gasteiger partial charge in [0.2, 0.25) is 5.91 Å². The molecule has 28 heavy (non-hydrogen) atoms. The van der Waals surface area contributed by atoms with Crippen LogP contribution in [-0.4, -0.2) is 31.7 Å². The maximum absolute atomic E-state index is 12.7. The largest absolute Gasteiger partial charge is 0.326 e. The third-order valence-electron chi connectivity index (χ3n) is 4.09. The zero-order chi connectivity index (χ0) is 20.3. The van der Waals surface area contributed by atoms with Gasteiger partial charge in [-0.05, 0) is 43.3 Å². The van der Waals surface area contributed by atoms with E-state index in [1.165, 1.54) is 18.7 Å². The Labute approximate surface area is 172 Å². The maximum Gasteiger partial charge on any atom is 0.221 e. The lowest BCUT2D eigenvalue weighted by Crippen LogP contribution is -2.14. The highest BCUT2D eigenvalue weighted by Crippen LogP contribution is 2.30. The fraction of sp³-hybridized carbons (Fsp3) is 0.200. The van der Waals surface area contributed by atoms with E-state index in [0.717, 1.165) is 5.56 Å². The van der Waals surface area contributed by atoms with Crippen molar-refractivity contribution in [3.63, 3.8) is 0 Å². The molecule has 0 radical (unpaired) electrons. The SMILES string of the molecule is CC(=O)Nc1ccc(C(=O)C(C)Sc2nnc(-c3ccccc3Cl)n2C)cc1. The molecule has 0 saturated carbocycles. The van der Waals surface area contributed by atoms with Gasteiger partial charge in [-0.15, -0.1) is 10.2 Å². The van der Waals surface area contributed by atoms with Crippen molar-refractivity contribution >= 4 is 40.7 Å². The number of carbonyl (C=O) groups is 2. The van der Waals surface area contributed by atoms with Crippen LogP contribution in [0.2, 0.25) is 5.02 Å². The van der Waals surface area contributed by atoms with E-state index < -0.39 is 0 Å². The highest BCUT2D eigenvalue weighted by Gasteiger charge is 2.21. The van der Waals surface area contributed by atoms with Gasteiger partial charge < -0.3 is 9.88 Å². The number of ketones is 1. The molecule has 0 fully saturated rings. The van der Waals surface area contributed by atoms with Gasteiger partial charge in [-0.2, -0.15) is 0 Å². The van der Waals surface area contributed by atoms with Crippen molar-refractivity contribution in [3.05, 3.63) is 59.1 Å². The number of rotatable bonds is 6. The Bertz CT molecular complexity index is 1020. The Balaban J connectivity index is 1.74. The molecule has 6 nitrogen and oxygen atoms in total. The van der Waals surface area contributed by atoms with Crippen LogP contribution in [0.15, 0.2) is 53.7 Å². The fourth-order valence-corrected chi connectivity index (χ4v) is 3.77. The highest BCUT2D eigenvalue weighted by molar-refractivity contribution is 8.00. The third kappa shape index (κ3) is 4.43. The predicted octanol–water partition coefficient (Wildman–Crippen LogP) is 4.46. The van der Waals surface area contributed by atoms with E-state index in [1.54, 1.807) is 30.3 Å². The first-order chi connectivity index (χ1) is 13.4. The number of benzene rings is 2. The van der Waals surface area contributed by atoms with Crippen LogP contribution in [0.4, 0.5) is 5.69 Å². The molecule has 1 atom stereocenters. The molecule has 0 aliphatic carbocycles. The zero-order valence-corrected chi connectivity index (χ0v) is 17.2. The van der Waals surface area contributed by atoms with Crippen LogP contribution in [0.5, 0.6) is 0 Å². The molecule has 144 valence electrons. The average molecular weight is 415 g/mol. The number of Topliss-reactive ketones (excluding diaryl/α,β-unsaturated/α-hetero) is 1. The molecule has 1 N–H and O–H groups in total. The number of carbonyl (C=O) groups excluding carboxylic acids is 2. The number of nitrogens with zero attached hydrogens (tertiary/aromatic N) is 3. The van der Waals surface area contributed by atoms with Gasteiger partial charge in [-0.25, -0.2) is 0 Å². The summed E-state index contributed by atoms with van der Waals surface area (Å²) in [5.41, 5.74) is 2.02. The van der Waals surface area contributed by atoms with E-state index in [4.69, 9.17) is 11.6 Å². The minimum Gasteiger partial charge on any atom is -0.326 e. The summed E-state index contributed by atoms with van der Waals surface area (Å²) in [5.74, 6) is 0.466. The number of nitrogens with one attached hydrogen (secondary N) is 1. The maximum atomic E-state index is 12.7. The molecule has 8 heteroatoms. The third-order valence-corrected chi connectivity index (χ3v) is 5.55. The Kier molecular flexibility index (Phi) is 6.16. The van der Waals surface area contributed by atoms with Crippen LogP contribution in [0.25, 0.3) is 11.4 Å². The number of amides is 1. The van der Waals surface area contributed by atoms with E-state index in [1.807, 2.05) is 36.7 Å². The van der Waals surface area contributed by atoms with Crippen molar-refractivity contribution in [2.24, 2.45) is 7.05 Å². The van der Waals surface area contributed by atoms with Crippen LogP contribution in [0.1, 0.15) is 24.2 Å². The molecule has 0 aliphatic heterocycles. The second kappa shape index (κ2) is 8.58. The molecule has 0 bridgehead atoms. The first-order valence-electron chi connectivity index (χ1n) is 8.59. The summed E-state index contributed by atoms with van der Waals surface area (Å²) in [7, 11) is 1.85. The van der Waals surface area contributed by atoms with Crippen molar-refractivity contribution in [2.45, 2.75) is 24.3 Å². The molecular weight excluding hydrogens is 396 g/mol. The van der Waals surface area contributed by atoms with Gasteiger partial charge in [0.05, 0.1) is 10.3 Å². The summed E-state index contributed by atoms with van der Waals surface area (Å²) in [4.78, 5) is 23.8. The molecular formula is C20H19ClN4O2S. The average Bonchev–Trinajstić information content (AvgIpc) is 3.02. The van der Waals surface area contributed by atoms with Crippen molar-refractivity contribution in [3.8, 4) is 11.4 Å². The van der Waals surface area contributed by atoms with Crippen LogP contribution in [-0.2, 0) is 11.8 Å². The Morgan fingerprint density at radius 2 is 1.79 bits per heavy atom. The molecule has 2 aromatic carbocycles. The summed E-state index contributed by atoms with van der Waals surface area (Å²) in [6.07, 6.45) is 0. The van der Waals surface area contributed by atoms with E-state index >= 15 is 0 Å². The lowest BCUT2D eigenvalue weighted by molar-refractivity contribution is -0.114. The van der Waals surface area contributed by atoms with Gasteiger partial charge in [0.25, 0.3) is 0 Å². The summed E-state index contributed by atoms with van der Waals surface area (Å²) in [6.45, 7) is 3.27. The number of aromatic nitrogens is 3. The van der Waals surface area contributed by atoms with Gasteiger partial charge in [0.15, 0.2) is 16.8 Å². The number of anilines is 1. The van der Waals surface area contributed by atoms with Gasteiger partial charge in [0.1, 0.15) is 0 Å². The Morgan fingerprint density at radius 1 is 1.11 bits per heavy atom. The quantitative estimate of drug-likeness (QED) is 0.476. The highest BCUT2D eigenvalue weighted by atomic mass is 35.5. The van der Waals surface area contributed by atoms with Crippen molar-refractivity contribution in [1.82, 2.24) is 14.8 Å². The summed E-state index contributed by atoms with van der Waals surface area (Å²) < 4.78 is 1.83. The number of hydrogen-bond donors (Lipinski definition) is 1. The minimum atomic E-state index is -0.353. The standard InChI is InChI=1S/C20H19ClN4O2S/c1-12(18(27)14-8-10-15(11-9-14)22-13(2)26)28-20-24-23-19(25(20)3)16-6-4-5-7-17(16)21/h4-12H,1-3H3,(H,22,26). The summed E-state index contributed by atoms with van der Waals surface area (Å²) in [6, 6.07) is 14.3. The molecule has 1 unspecified atom stereocenters. The van der Waals surface area contributed by atoms with E-state index in [2.05, 4.69) is 15.5 Å². The van der Waals surface area contributed by atoms with Gasteiger partial charge in [0, 0.05) is 30.8 Å². The molecule has 0 spiro atoms. The summed E-state index contributed by atoms with van der Waals surface area (Å²) >= 11 is 7.59. The van der Waals surface area contributed by atoms with Gasteiger partial charge in [-0.1, -0.05) is 35.5 Å². The predicted molar refractivity (Wildman–Crippen MR) is 112 cm³/mol. The molecule has 3 rings (SSSR count). The zero-order valence-electron chi connectivity index (χ0n) is 15.6. The van der Waals surface area contributed by atoms with Crippen molar-refractivity contribution in [2.75, 3.05) is 5.32 Å². The van der Waals surface area contributed by atoms with Crippen LogP contribution in [0.3, 0.4) is 0 Å². The molecule has 3 aromatic rings. The minimum absolute atomic E-state index is 0.0262. The Hall–Kier alpha value is -2.64. The molecule has 0 saturated heterocycles. The Morgan fingerprint density at radius 3 is 2.43 bits per heavy atom. The second-order valence-corrected chi connectivity index (χ2v) is 7.94. The van der Waals surface area contributed by atoms with E-state index in [-0.39, 0.29) is 16.9 Å². The van der Waals surface area contributed by atoms with Crippen LogP contribution in [0, 0.1) is 0 Å². The van der Waals surface area contributed by atoms with Gasteiger partial charge in [-0.3, -0.25) is 9.59 Å². The second-order valence-electron chi connectivity index (χ2n) is 6.23. The number of thioether (sulfide) groups is 1. The van der Waals surface area contributed by atoms with Crippen molar-refractivity contribution in [1.29, 1.82) is 0 Å². The van der Waals surface area contributed by atoms with Gasteiger partial charge >= 0.3 is 0 Å². The van der Waals surface area contributed by atoms with E-state index in [9.17, 15) is 9.59 Å². The topological polar surface area (TPSA) is 76.9 Å². The summed E-state index contributed by atoms with van der Waals surface area (Å²) in [5, 5.41) is 12.0. The number of hydrogen-bond acceptors (Lipinski definition) is 5. The molecule has 0 aliphatic rings. The van der Waals surface area contributed by atoms with Crippen LogP contribution >= 0.6 is 23.4 Å². The van der Waals surface area contributed by atoms with E-state index in [0.29, 0.717) is 27.3 Å². The lowest BCUT2D eigenvalue weighted by atomic mass is 10.1. The fourth-order valence-electron chi connectivity index (χ4n) is 2.66. The smallest absolute Gasteiger partial charge is 0.221 e. The number of halogens is 1. The molecule has 1 aromatic heterocycles. The molecule has 1 amide bonds. The first-order valence-corrected chi connectivity index (χ1v) is 9.85. The first kappa shape index (κ1) is 20.1. The lowest BCUT2D eigenvalue weighted by Gasteiger charge is -2.11. The van der Waals surface area contributed by atoms with Crippen molar-refractivity contribution < 1.29 is 9.59 Å². The normalized spacial score (nSPS) is 11.9.